The van der Waals surface area contributed by atoms with Gasteiger partial charge in [-0.05, 0) is 60.4 Å². The minimum atomic E-state index is -0.0119. The van der Waals surface area contributed by atoms with Crippen LogP contribution in [0.4, 0.5) is 0 Å². The molecule has 0 unspecified atom stereocenters. The summed E-state index contributed by atoms with van der Waals surface area (Å²) in [5, 5.41) is 11.5. The van der Waals surface area contributed by atoms with Gasteiger partial charge in [0.1, 0.15) is 0 Å². The number of nitrogens with one attached hydrogen (secondary N) is 1. The van der Waals surface area contributed by atoms with Crippen LogP contribution in [0.1, 0.15) is 35.2 Å². The van der Waals surface area contributed by atoms with Crippen LogP contribution in [0.3, 0.4) is 0 Å². The standard InChI is InChI=1S/C13H18INO2/c1-10-6-5-7-11(12(10)14)13(17)15-8-3-2-4-9-16/h5-7,16H,2-4,8-9H2,1H3,(H,15,17). The molecular formula is C13H18INO2. The van der Waals surface area contributed by atoms with E-state index in [1.807, 2.05) is 25.1 Å². The van der Waals surface area contributed by atoms with Crippen LogP contribution in [-0.4, -0.2) is 24.2 Å². The molecule has 0 bridgehead atoms. The summed E-state index contributed by atoms with van der Waals surface area (Å²) in [6, 6.07) is 5.75. The van der Waals surface area contributed by atoms with Crippen LogP contribution >= 0.6 is 22.6 Å². The zero-order valence-corrected chi connectivity index (χ0v) is 12.2. The molecule has 0 fully saturated rings. The summed E-state index contributed by atoms with van der Waals surface area (Å²) in [4.78, 5) is 11.9. The van der Waals surface area contributed by atoms with Gasteiger partial charge in [-0.25, -0.2) is 0 Å². The summed E-state index contributed by atoms with van der Waals surface area (Å²) in [5.41, 5.74) is 1.87. The van der Waals surface area contributed by atoms with E-state index in [2.05, 4.69) is 27.9 Å². The van der Waals surface area contributed by atoms with Crippen molar-refractivity contribution in [2.24, 2.45) is 0 Å². The van der Waals surface area contributed by atoms with Gasteiger partial charge in [-0.1, -0.05) is 12.1 Å². The summed E-state index contributed by atoms with van der Waals surface area (Å²) >= 11 is 2.20. The van der Waals surface area contributed by atoms with Crippen molar-refractivity contribution in [1.82, 2.24) is 5.32 Å². The Morgan fingerprint density at radius 2 is 2.12 bits per heavy atom. The van der Waals surface area contributed by atoms with Crippen molar-refractivity contribution in [2.75, 3.05) is 13.2 Å². The number of carbonyl (C=O) groups excluding carboxylic acids is 1. The lowest BCUT2D eigenvalue weighted by Gasteiger charge is -2.08. The third-order valence-electron chi connectivity index (χ3n) is 2.56. The second kappa shape index (κ2) is 7.66. The Hall–Kier alpha value is -0.620. The van der Waals surface area contributed by atoms with Gasteiger partial charge in [0.05, 0.1) is 5.56 Å². The first-order chi connectivity index (χ1) is 8.16. The zero-order valence-electron chi connectivity index (χ0n) is 10.0. The Bertz CT molecular complexity index is 380. The first-order valence-corrected chi connectivity index (χ1v) is 6.89. The highest BCUT2D eigenvalue weighted by Crippen LogP contribution is 2.16. The number of carbonyl (C=O) groups is 1. The number of amides is 1. The fraction of sp³-hybridized carbons (Fsp3) is 0.462. The maximum Gasteiger partial charge on any atom is 0.252 e. The Morgan fingerprint density at radius 1 is 1.35 bits per heavy atom. The van der Waals surface area contributed by atoms with Gasteiger partial charge in [0.15, 0.2) is 0 Å². The number of hydrogen-bond donors (Lipinski definition) is 2. The van der Waals surface area contributed by atoms with Gasteiger partial charge in [-0.15, -0.1) is 0 Å². The molecule has 0 aliphatic rings. The lowest BCUT2D eigenvalue weighted by atomic mass is 10.1. The number of benzene rings is 1. The molecule has 1 amide bonds. The van der Waals surface area contributed by atoms with Crippen molar-refractivity contribution in [2.45, 2.75) is 26.2 Å². The van der Waals surface area contributed by atoms with Crippen LogP contribution in [0.15, 0.2) is 18.2 Å². The van der Waals surface area contributed by atoms with E-state index < -0.39 is 0 Å². The van der Waals surface area contributed by atoms with Gasteiger partial charge in [-0.3, -0.25) is 4.79 Å². The van der Waals surface area contributed by atoms with Gasteiger partial charge in [0.2, 0.25) is 0 Å². The predicted molar refractivity (Wildman–Crippen MR) is 77.2 cm³/mol. The normalized spacial score (nSPS) is 10.3. The quantitative estimate of drug-likeness (QED) is 0.614. The van der Waals surface area contributed by atoms with Gasteiger partial charge in [0.25, 0.3) is 5.91 Å². The molecule has 0 aliphatic heterocycles. The topological polar surface area (TPSA) is 49.3 Å². The average Bonchev–Trinajstić information content (AvgIpc) is 2.32. The van der Waals surface area contributed by atoms with Crippen molar-refractivity contribution < 1.29 is 9.90 Å². The van der Waals surface area contributed by atoms with E-state index >= 15 is 0 Å². The van der Waals surface area contributed by atoms with E-state index in [1.54, 1.807) is 0 Å². The average molecular weight is 347 g/mol. The second-order valence-corrected chi connectivity index (χ2v) is 5.06. The molecule has 1 aromatic carbocycles. The lowest BCUT2D eigenvalue weighted by Crippen LogP contribution is -2.25. The molecule has 0 spiro atoms. The Labute approximate surface area is 116 Å². The van der Waals surface area contributed by atoms with E-state index in [4.69, 9.17) is 5.11 Å². The molecule has 0 heterocycles. The smallest absolute Gasteiger partial charge is 0.252 e. The minimum Gasteiger partial charge on any atom is -0.396 e. The molecule has 4 heteroatoms. The van der Waals surface area contributed by atoms with E-state index in [1.165, 1.54) is 0 Å². The number of aliphatic hydroxyl groups is 1. The van der Waals surface area contributed by atoms with Crippen LogP contribution < -0.4 is 5.32 Å². The molecule has 17 heavy (non-hydrogen) atoms. The molecule has 0 aromatic heterocycles. The largest absolute Gasteiger partial charge is 0.396 e. The monoisotopic (exact) mass is 347 g/mol. The van der Waals surface area contributed by atoms with Crippen molar-refractivity contribution >= 4 is 28.5 Å². The maximum absolute atomic E-state index is 11.9. The molecule has 0 saturated carbocycles. The number of hydrogen-bond acceptors (Lipinski definition) is 2. The Balaban J connectivity index is 2.44. The number of rotatable bonds is 6. The van der Waals surface area contributed by atoms with Crippen molar-refractivity contribution in [3.63, 3.8) is 0 Å². The molecule has 0 saturated heterocycles. The first kappa shape index (κ1) is 14.4. The highest BCUT2D eigenvalue weighted by molar-refractivity contribution is 14.1. The third kappa shape index (κ3) is 4.63. The Morgan fingerprint density at radius 3 is 2.82 bits per heavy atom. The second-order valence-electron chi connectivity index (χ2n) is 3.98. The number of aryl methyl sites for hydroxylation is 1. The molecule has 3 nitrogen and oxygen atoms in total. The molecule has 2 N–H and O–H groups in total. The van der Waals surface area contributed by atoms with Crippen LogP contribution in [0.25, 0.3) is 0 Å². The van der Waals surface area contributed by atoms with Crippen molar-refractivity contribution in [3.8, 4) is 0 Å². The van der Waals surface area contributed by atoms with E-state index in [-0.39, 0.29) is 12.5 Å². The fourth-order valence-electron chi connectivity index (χ4n) is 1.53. The molecule has 1 aromatic rings. The molecule has 0 aliphatic carbocycles. The number of unbranched alkanes of at least 4 members (excludes halogenated alkanes) is 2. The van der Waals surface area contributed by atoms with Crippen LogP contribution in [0.5, 0.6) is 0 Å². The van der Waals surface area contributed by atoms with Gasteiger partial charge in [0, 0.05) is 16.7 Å². The molecule has 0 atom stereocenters. The molecule has 0 radical (unpaired) electrons. The lowest BCUT2D eigenvalue weighted by molar-refractivity contribution is 0.0952. The number of halogens is 1. The van der Waals surface area contributed by atoms with Crippen molar-refractivity contribution in [3.05, 3.63) is 32.9 Å². The van der Waals surface area contributed by atoms with Crippen LogP contribution in [0.2, 0.25) is 0 Å². The van der Waals surface area contributed by atoms with E-state index in [9.17, 15) is 4.79 Å². The highest BCUT2D eigenvalue weighted by atomic mass is 127. The summed E-state index contributed by atoms with van der Waals surface area (Å²) in [6.45, 7) is 2.90. The zero-order chi connectivity index (χ0) is 12.7. The predicted octanol–water partition coefficient (Wildman–Crippen LogP) is 2.49. The third-order valence-corrected chi connectivity index (χ3v) is 3.99. The van der Waals surface area contributed by atoms with Gasteiger partial charge in [-0.2, -0.15) is 0 Å². The first-order valence-electron chi connectivity index (χ1n) is 5.81. The summed E-state index contributed by atoms with van der Waals surface area (Å²) in [6.07, 6.45) is 2.66. The Kier molecular flexibility index (Phi) is 6.50. The van der Waals surface area contributed by atoms with Crippen LogP contribution in [-0.2, 0) is 0 Å². The van der Waals surface area contributed by atoms with Crippen molar-refractivity contribution in [1.29, 1.82) is 0 Å². The maximum atomic E-state index is 11.9. The van der Waals surface area contributed by atoms with Gasteiger partial charge < -0.3 is 10.4 Å². The summed E-state index contributed by atoms with van der Waals surface area (Å²) in [7, 11) is 0. The SMILES string of the molecule is Cc1cccc(C(=O)NCCCCCO)c1I. The molecule has 94 valence electrons. The minimum absolute atomic E-state index is 0.0119. The van der Waals surface area contributed by atoms with E-state index in [0.717, 1.165) is 34.0 Å². The van der Waals surface area contributed by atoms with Crippen LogP contribution in [0, 0.1) is 10.5 Å². The number of aliphatic hydroxyl groups excluding tert-OH is 1. The summed E-state index contributed by atoms with van der Waals surface area (Å²) < 4.78 is 1.01. The fourth-order valence-corrected chi connectivity index (χ4v) is 2.14. The molecular weight excluding hydrogens is 329 g/mol. The highest BCUT2D eigenvalue weighted by Gasteiger charge is 2.09. The van der Waals surface area contributed by atoms with Gasteiger partial charge >= 0.3 is 0 Å². The molecule has 1 rings (SSSR count). The van der Waals surface area contributed by atoms with E-state index in [0.29, 0.717) is 6.54 Å². The summed E-state index contributed by atoms with van der Waals surface area (Å²) in [5.74, 6) is -0.0119.